The topological polar surface area (TPSA) is 58.6 Å². The van der Waals surface area contributed by atoms with Gasteiger partial charge >= 0.3 is 5.97 Å². The molecule has 0 heterocycles. The molecule has 0 fully saturated rings. The molecule has 0 saturated carbocycles. The second-order valence-corrected chi connectivity index (χ2v) is 4.33. The molecular weight excluding hydrogens is 261 g/mol. The zero-order valence-corrected chi connectivity index (χ0v) is 11.1. The Labute approximate surface area is 115 Å². The molecule has 0 unspecified atom stereocenters. The van der Waals surface area contributed by atoms with E-state index in [1.54, 1.807) is 12.1 Å². The highest BCUT2D eigenvalue weighted by Gasteiger charge is 2.11. The average Bonchev–Trinajstić information content (AvgIpc) is 2.40. The van der Waals surface area contributed by atoms with Gasteiger partial charge in [-0.2, -0.15) is 0 Å². The van der Waals surface area contributed by atoms with Gasteiger partial charge in [0.2, 0.25) is 0 Å². The number of hydrogen-bond donors (Lipinski definition) is 2. The molecule has 0 aliphatic rings. The number of halogens is 1. The number of methoxy groups -OCH3 is 1. The van der Waals surface area contributed by atoms with Crippen molar-refractivity contribution in [3.8, 4) is 5.75 Å². The van der Waals surface area contributed by atoms with Gasteiger partial charge in [0.05, 0.1) is 18.4 Å². The van der Waals surface area contributed by atoms with Crippen LogP contribution in [0.5, 0.6) is 5.75 Å². The summed E-state index contributed by atoms with van der Waals surface area (Å²) in [6.45, 7) is 1.86. The SMILES string of the molecule is COc1cc(Nc2cc(C)ccc2C(=O)O)ccc1F. The van der Waals surface area contributed by atoms with Crippen LogP contribution in [0.2, 0.25) is 0 Å². The number of nitrogens with one attached hydrogen (secondary N) is 1. The van der Waals surface area contributed by atoms with Crippen LogP contribution in [-0.2, 0) is 0 Å². The van der Waals surface area contributed by atoms with Gasteiger partial charge < -0.3 is 15.2 Å². The first-order valence-electron chi connectivity index (χ1n) is 5.96. The standard InChI is InChI=1S/C15H14FNO3/c1-9-3-5-11(15(18)19)13(7-9)17-10-4-6-12(16)14(8-10)20-2/h3-8,17H,1-2H3,(H,18,19). The molecule has 0 spiro atoms. The van der Waals surface area contributed by atoms with Gasteiger partial charge in [0, 0.05) is 11.8 Å². The molecule has 0 radical (unpaired) electrons. The molecule has 20 heavy (non-hydrogen) atoms. The van der Waals surface area contributed by atoms with Crippen molar-refractivity contribution in [1.29, 1.82) is 0 Å². The summed E-state index contributed by atoms with van der Waals surface area (Å²) in [5.41, 5.74) is 2.08. The number of benzene rings is 2. The van der Waals surface area contributed by atoms with Crippen molar-refractivity contribution in [3.63, 3.8) is 0 Å². The van der Waals surface area contributed by atoms with Gasteiger partial charge in [-0.05, 0) is 36.8 Å². The Morgan fingerprint density at radius 2 is 2.00 bits per heavy atom. The summed E-state index contributed by atoms with van der Waals surface area (Å²) >= 11 is 0. The Morgan fingerprint density at radius 3 is 2.65 bits per heavy atom. The second kappa shape index (κ2) is 5.61. The van der Waals surface area contributed by atoms with Crippen LogP contribution in [0.3, 0.4) is 0 Å². The van der Waals surface area contributed by atoms with Crippen LogP contribution < -0.4 is 10.1 Å². The first kappa shape index (κ1) is 13.9. The molecule has 0 atom stereocenters. The van der Waals surface area contributed by atoms with Crippen molar-refractivity contribution in [3.05, 3.63) is 53.3 Å². The number of carboxylic acid groups (broad SMARTS) is 1. The summed E-state index contributed by atoms with van der Waals surface area (Å²) in [5, 5.41) is 12.1. The van der Waals surface area contributed by atoms with Gasteiger partial charge in [0.15, 0.2) is 11.6 Å². The van der Waals surface area contributed by atoms with E-state index in [0.29, 0.717) is 11.4 Å². The second-order valence-electron chi connectivity index (χ2n) is 4.33. The number of aryl methyl sites for hydroxylation is 1. The largest absolute Gasteiger partial charge is 0.494 e. The molecule has 0 aliphatic heterocycles. The minimum Gasteiger partial charge on any atom is -0.494 e. The predicted octanol–water partition coefficient (Wildman–Crippen LogP) is 3.58. The van der Waals surface area contributed by atoms with Crippen LogP contribution in [0.15, 0.2) is 36.4 Å². The van der Waals surface area contributed by atoms with Crippen molar-refractivity contribution in [1.82, 2.24) is 0 Å². The molecule has 2 aromatic rings. The van der Waals surface area contributed by atoms with Gasteiger partial charge in [-0.1, -0.05) is 6.07 Å². The van der Waals surface area contributed by atoms with Crippen molar-refractivity contribution in [2.45, 2.75) is 6.92 Å². The Morgan fingerprint density at radius 1 is 1.25 bits per heavy atom. The molecule has 0 saturated heterocycles. The van der Waals surface area contributed by atoms with Crippen LogP contribution in [0.1, 0.15) is 15.9 Å². The fourth-order valence-corrected chi connectivity index (χ4v) is 1.84. The monoisotopic (exact) mass is 275 g/mol. The Kier molecular flexibility index (Phi) is 3.89. The average molecular weight is 275 g/mol. The van der Waals surface area contributed by atoms with Crippen LogP contribution in [0.25, 0.3) is 0 Å². The maximum Gasteiger partial charge on any atom is 0.337 e. The lowest BCUT2D eigenvalue weighted by Crippen LogP contribution is -2.03. The quantitative estimate of drug-likeness (QED) is 0.895. The Hall–Kier alpha value is -2.56. The molecule has 0 bridgehead atoms. The lowest BCUT2D eigenvalue weighted by atomic mass is 10.1. The van der Waals surface area contributed by atoms with E-state index < -0.39 is 11.8 Å². The third kappa shape index (κ3) is 2.88. The minimum absolute atomic E-state index is 0.0968. The van der Waals surface area contributed by atoms with E-state index >= 15 is 0 Å². The third-order valence-corrected chi connectivity index (χ3v) is 2.84. The van der Waals surface area contributed by atoms with Gasteiger partial charge in [-0.25, -0.2) is 9.18 Å². The minimum atomic E-state index is -1.03. The summed E-state index contributed by atoms with van der Waals surface area (Å²) in [6, 6.07) is 9.23. The van der Waals surface area contributed by atoms with Crippen LogP contribution in [0.4, 0.5) is 15.8 Å². The number of aromatic carboxylic acids is 1. The maximum atomic E-state index is 13.3. The summed E-state index contributed by atoms with van der Waals surface area (Å²) < 4.78 is 18.2. The number of anilines is 2. The summed E-state index contributed by atoms with van der Waals surface area (Å²) in [4.78, 5) is 11.2. The fourth-order valence-electron chi connectivity index (χ4n) is 1.84. The van der Waals surface area contributed by atoms with E-state index in [-0.39, 0.29) is 11.3 Å². The molecular formula is C15H14FNO3. The molecule has 2 aromatic carbocycles. The number of carboxylic acids is 1. The normalized spacial score (nSPS) is 10.2. The molecule has 2 rings (SSSR count). The molecule has 0 aromatic heterocycles. The predicted molar refractivity (Wildman–Crippen MR) is 74.4 cm³/mol. The van der Waals surface area contributed by atoms with Crippen molar-refractivity contribution >= 4 is 17.3 Å². The van der Waals surface area contributed by atoms with E-state index in [9.17, 15) is 9.18 Å². The first-order chi connectivity index (χ1) is 9.51. The van der Waals surface area contributed by atoms with Gasteiger partial charge in [-0.15, -0.1) is 0 Å². The molecule has 5 heteroatoms. The zero-order valence-electron chi connectivity index (χ0n) is 11.1. The smallest absolute Gasteiger partial charge is 0.337 e. The van der Waals surface area contributed by atoms with Gasteiger partial charge in [0.1, 0.15) is 0 Å². The first-order valence-corrected chi connectivity index (χ1v) is 5.96. The van der Waals surface area contributed by atoms with Gasteiger partial charge in [0.25, 0.3) is 0 Å². The van der Waals surface area contributed by atoms with Crippen LogP contribution >= 0.6 is 0 Å². The fraction of sp³-hybridized carbons (Fsp3) is 0.133. The number of rotatable bonds is 4. The lowest BCUT2D eigenvalue weighted by Gasteiger charge is -2.12. The molecule has 0 amide bonds. The summed E-state index contributed by atoms with van der Waals surface area (Å²) in [7, 11) is 1.37. The van der Waals surface area contributed by atoms with E-state index in [1.807, 2.05) is 6.92 Å². The number of carbonyl (C=O) groups is 1. The van der Waals surface area contributed by atoms with E-state index in [2.05, 4.69) is 5.32 Å². The van der Waals surface area contributed by atoms with E-state index in [0.717, 1.165) is 5.56 Å². The van der Waals surface area contributed by atoms with Gasteiger partial charge in [-0.3, -0.25) is 0 Å². The van der Waals surface area contributed by atoms with Crippen molar-refractivity contribution in [2.75, 3.05) is 12.4 Å². The van der Waals surface area contributed by atoms with Crippen molar-refractivity contribution in [2.24, 2.45) is 0 Å². The summed E-state index contributed by atoms with van der Waals surface area (Å²) in [6.07, 6.45) is 0. The molecule has 4 nitrogen and oxygen atoms in total. The zero-order chi connectivity index (χ0) is 14.7. The molecule has 2 N–H and O–H groups in total. The van der Waals surface area contributed by atoms with Crippen LogP contribution in [0, 0.1) is 12.7 Å². The Bertz CT molecular complexity index is 656. The van der Waals surface area contributed by atoms with Crippen LogP contribution in [-0.4, -0.2) is 18.2 Å². The number of ether oxygens (including phenoxy) is 1. The summed E-state index contributed by atoms with van der Waals surface area (Å²) in [5.74, 6) is -1.40. The molecule has 0 aliphatic carbocycles. The van der Waals surface area contributed by atoms with Crippen molar-refractivity contribution < 1.29 is 19.0 Å². The Balaban J connectivity index is 2.39. The molecule has 104 valence electrons. The highest BCUT2D eigenvalue weighted by atomic mass is 19.1. The number of hydrogen-bond acceptors (Lipinski definition) is 3. The lowest BCUT2D eigenvalue weighted by molar-refractivity contribution is 0.0698. The highest BCUT2D eigenvalue weighted by Crippen LogP contribution is 2.26. The highest BCUT2D eigenvalue weighted by molar-refractivity contribution is 5.95. The third-order valence-electron chi connectivity index (χ3n) is 2.84. The van der Waals surface area contributed by atoms with E-state index in [1.165, 1.54) is 31.4 Å². The maximum absolute atomic E-state index is 13.3. The van der Waals surface area contributed by atoms with E-state index in [4.69, 9.17) is 9.84 Å².